The third-order valence-electron chi connectivity index (χ3n) is 4.20. The van der Waals surface area contributed by atoms with E-state index in [1.807, 2.05) is 35.2 Å². The lowest BCUT2D eigenvalue weighted by Crippen LogP contribution is -2.45. The summed E-state index contributed by atoms with van der Waals surface area (Å²) in [5.41, 5.74) is 0. The van der Waals surface area contributed by atoms with E-state index in [1.165, 1.54) is 6.07 Å². The molecule has 0 amide bonds. The van der Waals surface area contributed by atoms with E-state index >= 15 is 0 Å². The van der Waals surface area contributed by atoms with Gasteiger partial charge in [-0.2, -0.15) is 0 Å². The second kappa shape index (κ2) is 10.9. The molecule has 2 aromatic rings. The van der Waals surface area contributed by atoms with Crippen LogP contribution in [0.25, 0.3) is 0 Å². The summed E-state index contributed by atoms with van der Waals surface area (Å²) in [6.07, 6.45) is 2.52. The Bertz CT molecular complexity index is 731. The third-order valence-corrected chi connectivity index (χ3v) is 4.20. The molecule has 1 aliphatic heterocycles. The number of aliphatic imine (C=N–C) groups is 1. The molecule has 8 heteroatoms. The summed E-state index contributed by atoms with van der Waals surface area (Å²) in [4.78, 5) is 10.3. The Balaban J connectivity index is 0.00000261. The maximum Gasteiger partial charge on any atom is 0.191 e. The Hall–Kier alpha value is -2.10. The molecule has 0 bridgehead atoms. The van der Waals surface area contributed by atoms with E-state index in [4.69, 9.17) is 4.74 Å². The van der Waals surface area contributed by atoms with Crippen LogP contribution in [0.15, 0.2) is 53.7 Å². The fraction of sp³-hybridized carbons (Fsp3) is 0.368. The molecule has 1 aromatic carbocycles. The highest BCUT2D eigenvalue weighted by Crippen LogP contribution is 2.20. The van der Waals surface area contributed by atoms with Crippen LogP contribution in [0.1, 0.15) is 6.42 Å². The van der Waals surface area contributed by atoms with Gasteiger partial charge >= 0.3 is 0 Å². The number of halogens is 2. The molecule has 0 saturated carbocycles. The van der Waals surface area contributed by atoms with Crippen molar-refractivity contribution in [2.24, 2.45) is 4.99 Å². The highest BCUT2D eigenvalue weighted by Gasteiger charge is 2.25. The van der Waals surface area contributed by atoms with E-state index in [0.29, 0.717) is 25.5 Å². The number of pyridine rings is 1. The van der Waals surface area contributed by atoms with Gasteiger partial charge in [-0.3, -0.25) is 4.99 Å². The number of para-hydroxylation sites is 1. The zero-order valence-electron chi connectivity index (χ0n) is 15.3. The molecule has 146 valence electrons. The lowest BCUT2D eigenvalue weighted by atomic mass is 10.3. The topological polar surface area (TPSA) is 61.8 Å². The van der Waals surface area contributed by atoms with Crippen LogP contribution in [-0.4, -0.2) is 50.3 Å². The van der Waals surface area contributed by atoms with Crippen LogP contribution in [0.2, 0.25) is 0 Å². The number of anilines is 1. The Morgan fingerprint density at radius 1 is 1.30 bits per heavy atom. The molecule has 0 radical (unpaired) electrons. The predicted molar refractivity (Wildman–Crippen MR) is 117 cm³/mol. The lowest BCUT2D eigenvalue weighted by Gasteiger charge is -2.20. The molecule has 2 heterocycles. The van der Waals surface area contributed by atoms with Crippen LogP contribution >= 0.6 is 24.0 Å². The normalized spacial score (nSPS) is 16.6. The van der Waals surface area contributed by atoms with E-state index in [1.54, 1.807) is 19.3 Å². The average Bonchev–Trinajstić information content (AvgIpc) is 3.13. The summed E-state index contributed by atoms with van der Waals surface area (Å²) in [6.45, 7) is 2.63. The second-order valence-corrected chi connectivity index (χ2v) is 6.05. The Morgan fingerprint density at radius 2 is 2.11 bits per heavy atom. The minimum atomic E-state index is -0.284. The van der Waals surface area contributed by atoms with Crippen molar-refractivity contribution in [2.45, 2.75) is 12.5 Å². The summed E-state index contributed by atoms with van der Waals surface area (Å²) >= 11 is 0. The SMILES string of the molecule is CN=C(NCCOc1ccccc1)NC1CCN(c2ncccc2F)C1.I. The van der Waals surface area contributed by atoms with Crippen LogP contribution in [0.4, 0.5) is 10.2 Å². The molecule has 1 saturated heterocycles. The molecule has 1 aromatic heterocycles. The largest absolute Gasteiger partial charge is 0.492 e. The van der Waals surface area contributed by atoms with Gasteiger partial charge in [-0.15, -0.1) is 24.0 Å². The molecule has 1 fully saturated rings. The van der Waals surface area contributed by atoms with Crippen LogP contribution in [0.5, 0.6) is 5.75 Å². The first kappa shape index (κ1) is 21.2. The molecule has 6 nitrogen and oxygen atoms in total. The number of rotatable bonds is 6. The molecule has 1 aliphatic rings. The minimum absolute atomic E-state index is 0. The molecule has 1 atom stereocenters. The summed E-state index contributed by atoms with van der Waals surface area (Å²) in [6, 6.07) is 12.9. The van der Waals surface area contributed by atoms with Crippen molar-refractivity contribution < 1.29 is 9.13 Å². The van der Waals surface area contributed by atoms with Crippen molar-refractivity contribution >= 4 is 35.8 Å². The number of aromatic nitrogens is 1. The zero-order valence-corrected chi connectivity index (χ0v) is 17.6. The average molecular weight is 485 g/mol. The molecule has 0 aliphatic carbocycles. The van der Waals surface area contributed by atoms with E-state index < -0.39 is 0 Å². The number of guanidine groups is 1. The number of nitrogens with one attached hydrogen (secondary N) is 2. The van der Waals surface area contributed by atoms with Crippen LogP contribution < -0.4 is 20.3 Å². The molecule has 3 rings (SSSR count). The van der Waals surface area contributed by atoms with Gasteiger partial charge < -0.3 is 20.3 Å². The van der Waals surface area contributed by atoms with Gasteiger partial charge in [0.1, 0.15) is 12.4 Å². The highest BCUT2D eigenvalue weighted by molar-refractivity contribution is 14.0. The molecule has 1 unspecified atom stereocenters. The smallest absolute Gasteiger partial charge is 0.191 e. The predicted octanol–water partition coefficient (Wildman–Crippen LogP) is 2.66. The van der Waals surface area contributed by atoms with Crippen molar-refractivity contribution in [1.29, 1.82) is 0 Å². The summed E-state index contributed by atoms with van der Waals surface area (Å²) in [5, 5.41) is 6.61. The van der Waals surface area contributed by atoms with Gasteiger partial charge in [0, 0.05) is 32.4 Å². The van der Waals surface area contributed by atoms with Gasteiger partial charge in [0.2, 0.25) is 0 Å². The first-order valence-corrected chi connectivity index (χ1v) is 8.77. The maximum absolute atomic E-state index is 13.9. The Morgan fingerprint density at radius 3 is 2.85 bits per heavy atom. The Kier molecular flexibility index (Phi) is 8.56. The number of hydrogen-bond acceptors (Lipinski definition) is 4. The van der Waals surface area contributed by atoms with Gasteiger partial charge in [0.25, 0.3) is 0 Å². The summed E-state index contributed by atoms with van der Waals surface area (Å²) < 4.78 is 19.5. The van der Waals surface area contributed by atoms with Crippen molar-refractivity contribution in [1.82, 2.24) is 15.6 Å². The third kappa shape index (κ3) is 6.23. The van der Waals surface area contributed by atoms with Crippen molar-refractivity contribution in [2.75, 3.05) is 38.2 Å². The standard InChI is InChI=1S/C19H24FN5O.HI/c1-21-19(23-11-13-26-16-6-3-2-4-7-16)24-15-9-12-25(14-15)18-17(20)8-5-10-22-18;/h2-8,10,15H,9,11-14H2,1H3,(H2,21,23,24);1H. The van der Waals surface area contributed by atoms with Crippen molar-refractivity contribution in [3.8, 4) is 5.75 Å². The maximum atomic E-state index is 13.9. The van der Waals surface area contributed by atoms with E-state index in [0.717, 1.165) is 24.7 Å². The van der Waals surface area contributed by atoms with Crippen LogP contribution in [0, 0.1) is 5.82 Å². The fourth-order valence-electron chi connectivity index (χ4n) is 2.92. The number of nitrogens with zero attached hydrogens (tertiary/aromatic N) is 3. The quantitative estimate of drug-likeness (QED) is 0.285. The number of ether oxygens (including phenoxy) is 1. The number of hydrogen-bond donors (Lipinski definition) is 2. The molecular formula is C19H25FIN5O. The van der Waals surface area contributed by atoms with Gasteiger partial charge in [-0.25, -0.2) is 9.37 Å². The second-order valence-electron chi connectivity index (χ2n) is 6.05. The monoisotopic (exact) mass is 485 g/mol. The van der Waals surface area contributed by atoms with Gasteiger partial charge in [0.05, 0.1) is 6.54 Å². The molecule has 27 heavy (non-hydrogen) atoms. The summed E-state index contributed by atoms with van der Waals surface area (Å²) in [5.74, 6) is 1.70. The van der Waals surface area contributed by atoms with Gasteiger partial charge in [-0.1, -0.05) is 18.2 Å². The molecular weight excluding hydrogens is 460 g/mol. The van der Waals surface area contributed by atoms with Gasteiger partial charge in [0.15, 0.2) is 17.6 Å². The molecule has 2 N–H and O–H groups in total. The molecule has 0 spiro atoms. The van der Waals surface area contributed by atoms with E-state index in [2.05, 4.69) is 20.6 Å². The van der Waals surface area contributed by atoms with E-state index in [9.17, 15) is 4.39 Å². The van der Waals surface area contributed by atoms with E-state index in [-0.39, 0.29) is 35.8 Å². The first-order valence-electron chi connectivity index (χ1n) is 8.77. The highest BCUT2D eigenvalue weighted by atomic mass is 127. The van der Waals surface area contributed by atoms with Crippen molar-refractivity contribution in [3.05, 3.63) is 54.5 Å². The fourth-order valence-corrected chi connectivity index (χ4v) is 2.92. The van der Waals surface area contributed by atoms with Gasteiger partial charge in [-0.05, 0) is 30.7 Å². The Labute approximate surface area is 176 Å². The zero-order chi connectivity index (χ0) is 18.2. The van der Waals surface area contributed by atoms with Crippen LogP contribution in [-0.2, 0) is 0 Å². The number of benzene rings is 1. The first-order chi connectivity index (χ1) is 12.8. The van der Waals surface area contributed by atoms with Crippen molar-refractivity contribution in [3.63, 3.8) is 0 Å². The lowest BCUT2D eigenvalue weighted by molar-refractivity contribution is 0.321. The summed E-state index contributed by atoms with van der Waals surface area (Å²) in [7, 11) is 1.73. The van der Waals surface area contributed by atoms with Crippen LogP contribution in [0.3, 0.4) is 0 Å². The minimum Gasteiger partial charge on any atom is -0.492 e.